The highest BCUT2D eigenvalue weighted by Gasteiger charge is 2.29. The van der Waals surface area contributed by atoms with E-state index in [0.29, 0.717) is 19.8 Å². The molecule has 0 aliphatic carbocycles. The van der Waals surface area contributed by atoms with E-state index in [1.165, 1.54) is 10.4 Å². The summed E-state index contributed by atoms with van der Waals surface area (Å²) < 4.78 is 51.1. The molecule has 152 valence electrons. The van der Waals surface area contributed by atoms with Gasteiger partial charge in [0.2, 0.25) is 15.9 Å². The lowest BCUT2D eigenvalue weighted by Crippen LogP contribution is -2.43. The van der Waals surface area contributed by atoms with Crippen molar-refractivity contribution in [3.05, 3.63) is 24.0 Å². The molecule has 3 rings (SSSR count). The van der Waals surface area contributed by atoms with Crippen LogP contribution in [-0.2, 0) is 24.3 Å². The third kappa shape index (κ3) is 5.59. The molecule has 0 spiro atoms. The topological polar surface area (TPSA) is 97.0 Å². The van der Waals surface area contributed by atoms with Gasteiger partial charge in [0.05, 0.1) is 26.4 Å². The van der Waals surface area contributed by atoms with Gasteiger partial charge >= 0.3 is 0 Å². The predicted octanol–water partition coefficient (Wildman–Crippen LogP) is 0.585. The zero-order chi connectivity index (χ0) is 18.6. The number of carbonyl (C=O) groups excluding carboxylic acids is 1. The van der Waals surface area contributed by atoms with Crippen LogP contribution in [0.4, 0.5) is 10.1 Å². The first-order valence-corrected chi connectivity index (χ1v) is 9.89. The number of halogens is 2. The summed E-state index contributed by atoms with van der Waals surface area (Å²) in [7, 11) is -3.98. The van der Waals surface area contributed by atoms with E-state index in [2.05, 4.69) is 10.6 Å². The number of sulfonamides is 1. The van der Waals surface area contributed by atoms with Crippen LogP contribution in [0.3, 0.4) is 0 Å². The second kappa shape index (κ2) is 9.76. The highest BCUT2D eigenvalue weighted by molar-refractivity contribution is 7.89. The molecule has 2 aliphatic heterocycles. The second-order valence-corrected chi connectivity index (χ2v) is 8.05. The van der Waals surface area contributed by atoms with Gasteiger partial charge in [-0.3, -0.25) is 4.79 Å². The first-order chi connectivity index (χ1) is 12.5. The van der Waals surface area contributed by atoms with E-state index in [9.17, 15) is 17.6 Å². The normalized spacial score (nSPS) is 21.3. The Balaban J connectivity index is 0.00000261. The van der Waals surface area contributed by atoms with Crippen molar-refractivity contribution in [3.63, 3.8) is 0 Å². The van der Waals surface area contributed by atoms with Crippen molar-refractivity contribution in [2.75, 3.05) is 51.4 Å². The minimum Gasteiger partial charge on any atom is -0.379 e. The van der Waals surface area contributed by atoms with Crippen LogP contribution in [-0.4, -0.2) is 70.7 Å². The molecule has 2 N–H and O–H groups in total. The van der Waals surface area contributed by atoms with Crippen molar-refractivity contribution < 1.29 is 27.1 Å². The Morgan fingerprint density at radius 1 is 1.26 bits per heavy atom. The molecule has 1 unspecified atom stereocenters. The van der Waals surface area contributed by atoms with Crippen molar-refractivity contribution in [2.45, 2.75) is 17.4 Å². The summed E-state index contributed by atoms with van der Waals surface area (Å²) in [5.74, 6) is -1.15. The van der Waals surface area contributed by atoms with Crippen molar-refractivity contribution in [2.24, 2.45) is 0 Å². The number of hydrogen-bond acceptors (Lipinski definition) is 6. The average molecular weight is 424 g/mol. The number of ether oxygens (including phenoxy) is 2. The number of hydrogen-bond donors (Lipinski definition) is 2. The van der Waals surface area contributed by atoms with E-state index in [1.54, 1.807) is 0 Å². The quantitative estimate of drug-likeness (QED) is 0.719. The molecular weight excluding hydrogens is 401 g/mol. The van der Waals surface area contributed by atoms with E-state index in [-0.39, 0.29) is 62.8 Å². The Hall–Kier alpha value is -1.30. The second-order valence-electron chi connectivity index (χ2n) is 6.14. The zero-order valence-electron chi connectivity index (χ0n) is 14.6. The highest BCUT2D eigenvalue weighted by atomic mass is 35.5. The lowest BCUT2D eigenvalue weighted by Gasteiger charge is -2.26. The molecule has 2 aliphatic rings. The molecule has 0 aromatic heterocycles. The van der Waals surface area contributed by atoms with Crippen molar-refractivity contribution in [3.8, 4) is 0 Å². The molecule has 27 heavy (non-hydrogen) atoms. The Morgan fingerprint density at radius 2 is 2.00 bits per heavy atom. The van der Waals surface area contributed by atoms with Crippen molar-refractivity contribution in [1.29, 1.82) is 0 Å². The molecule has 11 heteroatoms. The SMILES string of the molecule is Cl.O=C(CC1COCCN1)Nc1ccc(F)c(S(=O)(=O)N2CCOCC2)c1. The Bertz CT molecular complexity index is 752. The standard InChI is InChI=1S/C16H22FN3O5S.ClH/c17-14-2-1-12(19-16(21)10-13-11-25-6-3-18-13)9-15(14)26(22,23)20-4-7-24-8-5-20;/h1-2,9,13,18H,3-8,10-11H2,(H,19,21);1H. The van der Waals surface area contributed by atoms with E-state index in [1.807, 2.05) is 0 Å². The summed E-state index contributed by atoms with van der Waals surface area (Å²) in [6, 6.07) is 3.45. The molecule has 0 saturated carbocycles. The smallest absolute Gasteiger partial charge is 0.246 e. The Kier molecular flexibility index (Phi) is 7.95. The van der Waals surface area contributed by atoms with Crippen LogP contribution < -0.4 is 10.6 Å². The number of anilines is 1. The number of amides is 1. The summed E-state index contributed by atoms with van der Waals surface area (Å²) in [5, 5.41) is 5.79. The van der Waals surface area contributed by atoms with Crippen LogP contribution in [0, 0.1) is 5.82 Å². The van der Waals surface area contributed by atoms with E-state index in [4.69, 9.17) is 9.47 Å². The first kappa shape index (κ1) is 22.0. The van der Waals surface area contributed by atoms with Crippen LogP contribution >= 0.6 is 12.4 Å². The molecular formula is C16H23ClFN3O5S. The maximum Gasteiger partial charge on any atom is 0.246 e. The maximum atomic E-state index is 14.2. The fourth-order valence-electron chi connectivity index (χ4n) is 2.89. The maximum absolute atomic E-state index is 14.2. The van der Waals surface area contributed by atoms with Gasteiger partial charge in [0, 0.05) is 37.8 Å². The fourth-order valence-corrected chi connectivity index (χ4v) is 4.39. The summed E-state index contributed by atoms with van der Waals surface area (Å²) in [5.41, 5.74) is 0.236. The zero-order valence-corrected chi connectivity index (χ0v) is 16.3. The third-order valence-corrected chi connectivity index (χ3v) is 6.15. The molecule has 0 radical (unpaired) electrons. The largest absolute Gasteiger partial charge is 0.379 e. The molecule has 1 aromatic carbocycles. The lowest BCUT2D eigenvalue weighted by atomic mass is 10.2. The lowest BCUT2D eigenvalue weighted by molar-refractivity contribution is -0.117. The molecule has 2 heterocycles. The number of nitrogens with one attached hydrogen (secondary N) is 2. The van der Waals surface area contributed by atoms with Crippen LogP contribution in [0.25, 0.3) is 0 Å². The molecule has 2 fully saturated rings. The van der Waals surface area contributed by atoms with Gasteiger partial charge in [0.15, 0.2) is 0 Å². The van der Waals surface area contributed by atoms with Gasteiger partial charge in [0.25, 0.3) is 0 Å². The van der Waals surface area contributed by atoms with E-state index >= 15 is 0 Å². The van der Waals surface area contributed by atoms with E-state index < -0.39 is 20.7 Å². The Morgan fingerprint density at radius 3 is 2.67 bits per heavy atom. The summed E-state index contributed by atoms with van der Waals surface area (Å²) in [4.78, 5) is 11.7. The van der Waals surface area contributed by atoms with Gasteiger partial charge < -0.3 is 20.1 Å². The summed E-state index contributed by atoms with van der Waals surface area (Å²) in [6.45, 7) is 2.61. The van der Waals surface area contributed by atoms with Crippen molar-refractivity contribution in [1.82, 2.24) is 9.62 Å². The molecule has 1 amide bonds. The highest BCUT2D eigenvalue weighted by Crippen LogP contribution is 2.24. The summed E-state index contributed by atoms with van der Waals surface area (Å²) >= 11 is 0. The number of benzene rings is 1. The fraction of sp³-hybridized carbons (Fsp3) is 0.562. The van der Waals surface area contributed by atoms with Gasteiger partial charge in [-0.05, 0) is 18.2 Å². The minimum atomic E-state index is -3.98. The number of rotatable bonds is 5. The van der Waals surface area contributed by atoms with Crippen LogP contribution in [0.15, 0.2) is 23.1 Å². The molecule has 0 bridgehead atoms. The predicted molar refractivity (Wildman–Crippen MR) is 99.1 cm³/mol. The van der Waals surface area contributed by atoms with Crippen molar-refractivity contribution >= 4 is 34.0 Å². The van der Waals surface area contributed by atoms with Gasteiger partial charge in [0.1, 0.15) is 10.7 Å². The Labute approximate surface area is 163 Å². The number of nitrogens with zero attached hydrogens (tertiary/aromatic N) is 1. The first-order valence-electron chi connectivity index (χ1n) is 8.45. The van der Waals surface area contributed by atoms with Gasteiger partial charge in [-0.1, -0.05) is 0 Å². The van der Waals surface area contributed by atoms with E-state index in [0.717, 1.165) is 12.1 Å². The third-order valence-electron chi connectivity index (χ3n) is 4.23. The van der Waals surface area contributed by atoms with Crippen LogP contribution in [0.2, 0.25) is 0 Å². The van der Waals surface area contributed by atoms with Crippen LogP contribution in [0.1, 0.15) is 6.42 Å². The average Bonchev–Trinajstić information content (AvgIpc) is 2.64. The van der Waals surface area contributed by atoms with Gasteiger partial charge in [-0.25, -0.2) is 12.8 Å². The molecule has 8 nitrogen and oxygen atoms in total. The molecule has 1 aromatic rings. The molecule has 2 saturated heterocycles. The minimum absolute atomic E-state index is 0. The monoisotopic (exact) mass is 423 g/mol. The molecule has 1 atom stereocenters. The van der Waals surface area contributed by atoms with Gasteiger partial charge in [-0.15, -0.1) is 12.4 Å². The summed E-state index contributed by atoms with van der Waals surface area (Å²) in [6.07, 6.45) is 0.183. The number of morpholine rings is 2. The van der Waals surface area contributed by atoms with Crippen LogP contribution in [0.5, 0.6) is 0 Å². The van der Waals surface area contributed by atoms with Gasteiger partial charge in [-0.2, -0.15) is 4.31 Å². The number of carbonyl (C=O) groups is 1.